The minimum atomic E-state index is -0.460. The van der Waals surface area contributed by atoms with Crippen LogP contribution in [0.15, 0.2) is 51.5 Å². The summed E-state index contributed by atoms with van der Waals surface area (Å²) in [6.07, 6.45) is 1.54. The number of hydrogen-bond acceptors (Lipinski definition) is 6. The fourth-order valence-corrected chi connectivity index (χ4v) is 1.84. The lowest BCUT2D eigenvalue weighted by molar-refractivity contribution is 0.0914. The summed E-state index contributed by atoms with van der Waals surface area (Å²) in [5.74, 6) is 0.991. The highest BCUT2D eigenvalue weighted by molar-refractivity contribution is 5.89. The molecular weight excluding hydrogens is 286 g/mol. The van der Waals surface area contributed by atoms with Crippen LogP contribution in [0, 0.1) is 0 Å². The van der Waals surface area contributed by atoms with Crippen molar-refractivity contribution in [3.63, 3.8) is 0 Å². The minimum Gasteiger partial charge on any atom is -0.497 e. The van der Waals surface area contributed by atoms with Gasteiger partial charge in [0.25, 0.3) is 0 Å². The van der Waals surface area contributed by atoms with Crippen LogP contribution in [0.3, 0.4) is 0 Å². The van der Waals surface area contributed by atoms with Crippen molar-refractivity contribution in [3.8, 4) is 17.2 Å². The van der Waals surface area contributed by atoms with E-state index < -0.39 is 5.91 Å². The zero-order chi connectivity index (χ0) is 15.4. The Hall–Kier alpha value is -3.09. The highest BCUT2D eigenvalue weighted by atomic mass is 16.5. The van der Waals surface area contributed by atoms with Crippen molar-refractivity contribution in [1.82, 2.24) is 15.5 Å². The van der Waals surface area contributed by atoms with Crippen LogP contribution in [0.2, 0.25) is 0 Å². The normalized spacial score (nSPS) is 10.4. The highest BCUT2D eigenvalue weighted by Crippen LogP contribution is 2.22. The minimum absolute atomic E-state index is 0.107. The summed E-state index contributed by atoms with van der Waals surface area (Å²) in [6.45, 7) is 0.253. The van der Waals surface area contributed by atoms with Crippen LogP contribution in [0.25, 0.3) is 11.5 Å². The van der Waals surface area contributed by atoms with Gasteiger partial charge in [-0.15, -0.1) is 10.2 Å². The number of nitrogens with one attached hydrogen (secondary N) is 1. The van der Waals surface area contributed by atoms with Gasteiger partial charge in [-0.25, -0.2) is 0 Å². The summed E-state index contributed by atoms with van der Waals surface area (Å²) in [6, 6.07) is 10.6. The van der Waals surface area contributed by atoms with Gasteiger partial charge in [0.15, 0.2) is 0 Å². The molecule has 22 heavy (non-hydrogen) atoms. The molecule has 1 amide bonds. The van der Waals surface area contributed by atoms with E-state index in [2.05, 4.69) is 15.5 Å². The fraction of sp³-hybridized carbons (Fsp3) is 0.133. The molecule has 0 radical (unpaired) electrons. The number of benzene rings is 1. The van der Waals surface area contributed by atoms with Crippen LogP contribution in [-0.2, 0) is 6.54 Å². The SMILES string of the molecule is COc1cccc(-c2nnc(C(=O)NCc3ccco3)o2)c1. The third-order valence-electron chi connectivity index (χ3n) is 2.94. The van der Waals surface area contributed by atoms with Crippen molar-refractivity contribution in [1.29, 1.82) is 0 Å². The Balaban J connectivity index is 1.71. The molecular formula is C15H13N3O4. The van der Waals surface area contributed by atoms with Crippen molar-refractivity contribution in [3.05, 3.63) is 54.3 Å². The van der Waals surface area contributed by atoms with Gasteiger partial charge < -0.3 is 18.9 Å². The van der Waals surface area contributed by atoms with Crippen molar-refractivity contribution in [2.45, 2.75) is 6.54 Å². The van der Waals surface area contributed by atoms with E-state index in [1.165, 1.54) is 6.26 Å². The van der Waals surface area contributed by atoms with E-state index in [9.17, 15) is 4.79 Å². The molecule has 0 fully saturated rings. The molecule has 3 aromatic rings. The molecule has 2 aromatic heterocycles. The van der Waals surface area contributed by atoms with Gasteiger partial charge >= 0.3 is 11.8 Å². The maximum atomic E-state index is 11.9. The fourth-order valence-electron chi connectivity index (χ4n) is 1.84. The Morgan fingerprint density at radius 3 is 2.95 bits per heavy atom. The Morgan fingerprint density at radius 1 is 1.27 bits per heavy atom. The maximum absolute atomic E-state index is 11.9. The molecule has 3 rings (SSSR count). The lowest BCUT2D eigenvalue weighted by atomic mass is 10.2. The number of amides is 1. The van der Waals surface area contributed by atoms with E-state index in [4.69, 9.17) is 13.6 Å². The Kier molecular flexibility index (Phi) is 3.86. The topological polar surface area (TPSA) is 90.4 Å². The van der Waals surface area contributed by atoms with Gasteiger partial charge in [-0.3, -0.25) is 4.79 Å². The molecule has 0 saturated heterocycles. The van der Waals surface area contributed by atoms with Crippen LogP contribution in [0.4, 0.5) is 0 Å². The van der Waals surface area contributed by atoms with E-state index in [1.807, 2.05) is 0 Å². The second-order valence-electron chi connectivity index (χ2n) is 4.41. The van der Waals surface area contributed by atoms with Crippen LogP contribution in [-0.4, -0.2) is 23.2 Å². The predicted octanol–water partition coefficient (Wildman–Crippen LogP) is 2.27. The van der Waals surface area contributed by atoms with Gasteiger partial charge in [-0.1, -0.05) is 6.07 Å². The number of rotatable bonds is 5. The van der Waals surface area contributed by atoms with Crippen molar-refractivity contribution >= 4 is 5.91 Å². The lowest BCUT2D eigenvalue weighted by Crippen LogP contribution is -2.22. The van der Waals surface area contributed by atoms with Gasteiger partial charge in [0.1, 0.15) is 11.5 Å². The van der Waals surface area contributed by atoms with Gasteiger partial charge in [-0.2, -0.15) is 0 Å². The number of carbonyl (C=O) groups is 1. The van der Waals surface area contributed by atoms with Crippen LogP contribution >= 0.6 is 0 Å². The van der Waals surface area contributed by atoms with Crippen LogP contribution in [0.1, 0.15) is 16.4 Å². The number of ether oxygens (including phenoxy) is 1. The number of nitrogens with zero attached hydrogens (tertiary/aromatic N) is 2. The van der Waals surface area contributed by atoms with Gasteiger partial charge in [0.05, 0.1) is 19.9 Å². The second-order valence-corrected chi connectivity index (χ2v) is 4.41. The van der Waals surface area contributed by atoms with Crippen molar-refractivity contribution < 1.29 is 18.4 Å². The first-order valence-electron chi connectivity index (χ1n) is 6.55. The molecule has 0 bridgehead atoms. The largest absolute Gasteiger partial charge is 0.497 e. The quantitative estimate of drug-likeness (QED) is 0.777. The number of carbonyl (C=O) groups excluding carboxylic acids is 1. The van der Waals surface area contributed by atoms with E-state index in [-0.39, 0.29) is 18.3 Å². The Labute approximate surface area is 125 Å². The molecule has 0 saturated carbocycles. The zero-order valence-electron chi connectivity index (χ0n) is 11.8. The van der Waals surface area contributed by atoms with E-state index in [0.717, 1.165) is 0 Å². The predicted molar refractivity (Wildman–Crippen MR) is 76.2 cm³/mol. The first-order chi connectivity index (χ1) is 10.8. The van der Waals surface area contributed by atoms with Crippen molar-refractivity contribution in [2.24, 2.45) is 0 Å². The van der Waals surface area contributed by atoms with Crippen molar-refractivity contribution in [2.75, 3.05) is 7.11 Å². The molecule has 0 aliphatic rings. The number of aromatic nitrogens is 2. The molecule has 0 aliphatic carbocycles. The number of furan rings is 1. The molecule has 0 aliphatic heterocycles. The number of methoxy groups -OCH3 is 1. The average Bonchev–Trinajstić information content (AvgIpc) is 3.24. The standard InChI is InChI=1S/C15H13N3O4/c1-20-11-5-2-4-10(8-11)14-17-18-15(22-14)13(19)16-9-12-6-3-7-21-12/h2-8H,9H2,1H3,(H,16,19). The summed E-state index contributed by atoms with van der Waals surface area (Å²) >= 11 is 0. The summed E-state index contributed by atoms with van der Waals surface area (Å²) in [7, 11) is 1.57. The Morgan fingerprint density at radius 2 is 2.18 bits per heavy atom. The molecule has 7 nitrogen and oxygen atoms in total. The van der Waals surface area contributed by atoms with Gasteiger partial charge in [-0.05, 0) is 30.3 Å². The molecule has 0 atom stereocenters. The summed E-state index contributed by atoms with van der Waals surface area (Å²) in [5, 5.41) is 10.3. The molecule has 2 heterocycles. The maximum Gasteiger partial charge on any atom is 0.309 e. The zero-order valence-corrected chi connectivity index (χ0v) is 11.8. The third-order valence-corrected chi connectivity index (χ3v) is 2.94. The summed E-state index contributed by atoms with van der Waals surface area (Å²) in [5.41, 5.74) is 0.678. The molecule has 0 spiro atoms. The van der Waals surface area contributed by atoms with E-state index in [0.29, 0.717) is 17.1 Å². The first kappa shape index (κ1) is 13.9. The van der Waals surface area contributed by atoms with Crippen LogP contribution < -0.4 is 10.1 Å². The summed E-state index contributed by atoms with van der Waals surface area (Å²) in [4.78, 5) is 11.9. The highest BCUT2D eigenvalue weighted by Gasteiger charge is 2.16. The second kappa shape index (κ2) is 6.13. The lowest BCUT2D eigenvalue weighted by Gasteiger charge is -2.00. The third kappa shape index (κ3) is 2.98. The van der Waals surface area contributed by atoms with E-state index in [1.54, 1.807) is 43.5 Å². The molecule has 1 aromatic carbocycles. The van der Waals surface area contributed by atoms with Crippen LogP contribution in [0.5, 0.6) is 5.75 Å². The molecule has 112 valence electrons. The molecule has 1 N–H and O–H groups in total. The summed E-state index contributed by atoms with van der Waals surface area (Å²) < 4.78 is 15.6. The average molecular weight is 299 g/mol. The van der Waals surface area contributed by atoms with E-state index >= 15 is 0 Å². The Bertz CT molecular complexity index is 765. The smallest absolute Gasteiger partial charge is 0.309 e. The monoisotopic (exact) mass is 299 g/mol. The van der Waals surface area contributed by atoms with Gasteiger partial charge in [0.2, 0.25) is 5.89 Å². The molecule has 7 heteroatoms. The van der Waals surface area contributed by atoms with Gasteiger partial charge in [0, 0.05) is 5.56 Å². The number of hydrogen-bond donors (Lipinski definition) is 1. The first-order valence-corrected chi connectivity index (χ1v) is 6.55. The molecule has 0 unspecified atom stereocenters.